The highest BCUT2D eigenvalue weighted by Crippen LogP contribution is 2.45. The van der Waals surface area contributed by atoms with Gasteiger partial charge in [0, 0.05) is 28.3 Å². The normalized spacial score (nSPS) is 19.6. The second-order valence-corrected chi connectivity index (χ2v) is 12.0. The fourth-order valence-corrected chi connectivity index (χ4v) is 6.78. The molecule has 0 saturated carbocycles. The summed E-state index contributed by atoms with van der Waals surface area (Å²) >= 11 is 8.48. The van der Waals surface area contributed by atoms with Crippen LogP contribution in [-0.2, 0) is 21.8 Å². The van der Waals surface area contributed by atoms with Crippen LogP contribution in [0.15, 0.2) is 76.6 Å². The number of aromatic nitrogens is 2. The minimum atomic E-state index is -1.23. The molecule has 1 fully saturated rings. The van der Waals surface area contributed by atoms with E-state index in [1.165, 1.54) is 30.0 Å². The molecule has 3 heterocycles. The molecule has 7 nitrogen and oxygen atoms in total. The summed E-state index contributed by atoms with van der Waals surface area (Å²) in [6, 6.07) is 17.1. The largest absolute Gasteiger partial charge is 0.507 e. The van der Waals surface area contributed by atoms with Crippen LogP contribution in [0.5, 0.6) is 5.75 Å². The van der Waals surface area contributed by atoms with Crippen molar-refractivity contribution < 1.29 is 23.8 Å². The molecular weight excluding hydrogens is 573 g/mol. The Morgan fingerprint density at radius 2 is 1.93 bits per heavy atom. The van der Waals surface area contributed by atoms with Crippen molar-refractivity contribution >= 4 is 57.3 Å². The van der Waals surface area contributed by atoms with Crippen molar-refractivity contribution in [1.82, 2.24) is 10.2 Å². The number of Topliss-reactive ketones (excluding diaryl/α,β-unsaturated/α-hetero) is 1. The number of nitrogens with zero attached hydrogens (tertiary/aromatic N) is 3. The van der Waals surface area contributed by atoms with Gasteiger partial charge < -0.3 is 9.84 Å². The highest BCUT2D eigenvalue weighted by Gasteiger charge is 2.49. The van der Waals surface area contributed by atoms with Crippen molar-refractivity contribution in [2.24, 2.45) is 0 Å². The van der Waals surface area contributed by atoms with Gasteiger partial charge in [-0.1, -0.05) is 65.0 Å². The molecule has 3 aromatic carbocycles. The highest BCUT2D eigenvalue weighted by atomic mass is 35.5. The Morgan fingerprint density at radius 3 is 2.70 bits per heavy atom. The smallest absolute Gasteiger partial charge is 0.301 e. The van der Waals surface area contributed by atoms with Gasteiger partial charge >= 0.3 is 5.91 Å². The third-order valence-electron chi connectivity index (χ3n) is 6.69. The Bertz CT molecular complexity index is 1670. The fourth-order valence-electron chi connectivity index (χ4n) is 4.83. The summed E-state index contributed by atoms with van der Waals surface area (Å²) in [5, 5.41) is 20.5. The number of halogens is 2. The molecule has 1 amide bonds. The van der Waals surface area contributed by atoms with Crippen molar-refractivity contribution in [2.45, 2.75) is 35.6 Å². The second-order valence-electron chi connectivity index (χ2n) is 9.41. The Morgan fingerprint density at radius 1 is 1.15 bits per heavy atom. The molecule has 0 radical (unpaired) electrons. The predicted molar refractivity (Wildman–Crippen MR) is 152 cm³/mol. The maximum absolute atomic E-state index is 15.2. The number of aliphatic hydroxyl groups is 1. The van der Waals surface area contributed by atoms with Gasteiger partial charge in [-0.25, -0.2) is 4.39 Å². The number of aliphatic hydroxyl groups excluding tert-OH is 1. The SMILES string of the molecule is C[C@H]1Cc2cc(C(O)=C3C(=O)C(=O)N(c4nnc(SCc5ccc(Cl)cc5)s4)[C@H]3c3ccccc3F)ccc2O1. The molecule has 2 atom stereocenters. The number of hydrogen-bond acceptors (Lipinski definition) is 8. The Balaban J connectivity index is 1.39. The summed E-state index contributed by atoms with van der Waals surface area (Å²) in [4.78, 5) is 27.9. The monoisotopic (exact) mass is 593 g/mol. The molecule has 6 rings (SSSR count). The van der Waals surface area contributed by atoms with Gasteiger partial charge in [0.2, 0.25) is 5.13 Å². The quantitative estimate of drug-likeness (QED) is 0.0888. The van der Waals surface area contributed by atoms with Crippen molar-refractivity contribution in [3.05, 3.63) is 105 Å². The molecule has 2 aliphatic rings. The van der Waals surface area contributed by atoms with Crippen LogP contribution in [0.25, 0.3) is 5.76 Å². The summed E-state index contributed by atoms with van der Waals surface area (Å²) in [7, 11) is 0. The van der Waals surface area contributed by atoms with Crippen LogP contribution in [0.2, 0.25) is 5.02 Å². The minimum Gasteiger partial charge on any atom is -0.507 e. The zero-order chi connectivity index (χ0) is 28.0. The Hall–Kier alpha value is -3.73. The number of ketones is 1. The summed E-state index contributed by atoms with van der Waals surface area (Å²) in [6.07, 6.45) is 0.628. The molecule has 0 spiro atoms. The lowest BCUT2D eigenvalue weighted by molar-refractivity contribution is -0.132. The van der Waals surface area contributed by atoms with Gasteiger partial charge in [-0.3, -0.25) is 14.5 Å². The molecule has 1 aromatic heterocycles. The van der Waals surface area contributed by atoms with E-state index in [9.17, 15) is 14.7 Å². The predicted octanol–water partition coefficient (Wildman–Crippen LogP) is 6.57. The van der Waals surface area contributed by atoms with E-state index in [1.807, 2.05) is 19.1 Å². The molecule has 1 N–H and O–H groups in total. The molecule has 2 aliphatic heterocycles. The van der Waals surface area contributed by atoms with Gasteiger partial charge in [-0.05, 0) is 54.4 Å². The molecule has 0 bridgehead atoms. The van der Waals surface area contributed by atoms with Crippen LogP contribution >= 0.6 is 34.7 Å². The van der Waals surface area contributed by atoms with Crippen LogP contribution < -0.4 is 9.64 Å². The third-order valence-corrected chi connectivity index (χ3v) is 9.07. The van der Waals surface area contributed by atoms with Gasteiger partial charge in [-0.2, -0.15) is 0 Å². The van der Waals surface area contributed by atoms with E-state index in [0.717, 1.165) is 27.4 Å². The van der Waals surface area contributed by atoms with E-state index in [-0.39, 0.29) is 22.4 Å². The van der Waals surface area contributed by atoms with E-state index in [4.69, 9.17) is 16.3 Å². The van der Waals surface area contributed by atoms with E-state index in [2.05, 4.69) is 10.2 Å². The standard InChI is InChI=1S/C29H21ClFN3O4S2/c1-15-12-18-13-17(8-11-22(18)38-15)25(35)23-24(20-4-2-3-5-21(20)31)34(27(37)26(23)36)28-32-33-29(40-28)39-14-16-6-9-19(30)10-7-16/h2-11,13,15,24,35H,12,14H2,1H3/t15-,24-/m0/s1. The molecule has 1 saturated heterocycles. The van der Waals surface area contributed by atoms with Gasteiger partial charge in [0.1, 0.15) is 29.5 Å². The average molecular weight is 594 g/mol. The first-order valence-corrected chi connectivity index (χ1v) is 14.5. The van der Waals surface area contributed by atoms with Crippen molar-refractivity contribution in [3.63, 3.8) is 0 Å². The van der Waals surface area contributed by atoms with E-state index in [0.29, 0.717) is 32.8 Å². The van der Waals surface area contributed by atoms with Crippen LogP contribution in [0.3, 0.4) is 0 Å². The zero-order valence-corrected chi connectivity index (χ0v) is 23.4. The first-order chi connectivity index (χ1) is 19.3. The van der Waals surface area contributed by atoms with Crippen LogP contribution in [-0.4, -0.2) is 33.1 Å². The number of amides is 1. The van der Waals surface area contributed by atoms with Crippen LogP contribution in [0.1, 0.15) is 35.2 Å². The van der Waals surface area contributed by atoms with Crippen LogP contribution in [0, 0.1) is 5.82 Å². The number of carbonyl (C=O) groups is 2. The minimum absolute atomic E-state index is 0.0134. The molecule has 202 valence electrons. The first kappa shape index (κ1) is 26.5. The van der Waals surface area contributed by atoms with Gasteiger partial charge in [0.25, 0.3) is 5.78 Å². The lowest BCUT2D eigenvalue weighted by atomic mass is 9.94. The molecule has 11 heteroatoms. The zero-order valence-electron chi connectivity index (χ0n) is 21.0. The molecule has 4 aromatic rings. The van der Waals surface area contributed by atoms with E-state index in [1.54, 1.807) is 36.4 Å². The van der Waals surface area contributed by atoms with Crippen molar-refractivity contribution in [2.75, 3.05) is 4.90 Å². The van der Waals surface area contributed by atoms with Crippen LogP contribution in [0.4, 0.5) is 9.52 Å². The summed E-state index contributed by atoms with van der Waals surface area (Å²) in [6.45, 7) is 1.94. The number of ether oxygens (including phenoxy) is 1. The van der Waals surface area contributed by atoms with Crippen molar-refractivity contribution in [3.8, 4) is 5.75 Å². The van der Waals surface area contributed by atoms with Gasteiger partial charge in [0.05, 0.1) is 5.57 Å². The van der Waals surface area contributed by atoms with Gasteiger partial charge in [0.15, 0.2) is 4.34 Å². The number of benzene rings is 3. The fraction of sp³-hybridized carbons (Fsp3) is 0.172. The Labute approximate surface area is 242 Å². The number of anilines is 1. The highest BCUT2D eigenvalue weighted by molar-refractivity contribution is 8.00. The molecule has 0 unspecified atom stereocenters. The number of hydrogen-bond donors (Lipinski definition) is 1. The first-order valence-electron chi connectivity index (χ1n) is 12.4. The number of thioether (sulfide) groups is 1. The third kappa shape index (κ3) is 4.87. The summed E-state index contributed by atoms with van der Waals surface area (Å²) in [5.41, 5.74) is 2.08. The second kappa shape index (κ2) is 10.7. The lowest BCUT2D eigenvalue weighted by Gasteiger charge is -2.22. The Kier molecular flexibility index (Phi) is 7.07. The number of carbonyl (C=O) groups excluding carboxylic acids is 2. The van der Waals surface area contributed by atoms with E-state index < -0.39 is 29.3 Å². The number of rotatable bonds is 6. The van der Waals surface area contributed by atoms with Gasteiger partial charge in [-0.15, -0.1) is 10.2 Å². The molecule has 40 heavy (non-hydrogen) atoms. The summed E-state index contributed by atoms with van der Waals surface area (Å²) in [5.74, 6) is -1.57. The number of fused-ring (bicyclic) bond motifs is 1. The average Bonchev–Trinajstić information content (AvgIpc) is 3.63. The topological polar surface area (TPSA) is 92.6 Å². The lowest BCUT2D eigenvalue weighted by Crippen LogP contribution is -2.29. The van der Waals surface area contributed by atoms with Crippen molar-refractivity contribution in [1.29, 1.82) is 0 Å². The summed E-state index contributed by atoms with van der Waals surface area (Å²) < 4.78 is 21.5. The maximum Gasteiger partial charge on any atom is 0.301 e. The molecular formula is C29H21ClFN3O4S2. The molecule has 0 aliphatic carbocycles. The maximum atomic E-state index is 15.2. The van der Waals surface area contributed by atoms with E-state index >= 15 is 4.39 Å².